The molecule has 0 aromatic heterocycles. The molecule has 1 rings (SSSR count). The number of aliphatic hydroxyl groups excluding tert-OH is 1. The summed E-state index contributed by atoms with van der Waals surface area (Å²) in [6.45, 7) is 3.90. The summed E-state index contributed by atoms with van der Waals surface area (Å²) in [4.78, 5) is 0. The topological polar surface area (TPSA) is 38.7 Å². The summed E-state index contributed by atoms with van der Waals surface area (Å²) in [5.74, 6) is 0.863. The molecule has 0 aliphatic carbocycles. The Morgan fingerprint density at radius 2 is 1.75 bits per heavy atom. The van der Waals surface area contributed by atoms with Gasteiger partial charge in [0.25, 0.3) is 0 Å². The molecule has 0 heterocycles. The fraction of sp³-hybridized carbons (Fsp3) is 0.647. The van der Waals surface area contributed by atoms with Gasteiger partial charge in [0, 0.05) is 0 Å². The lowest BCUT2D eigenvalue weighted by atomic mass is 10.0. The van der Waals surface area contributed by atoms with Crippen molar-refractivity contribution in [3.8, 4) is 5.75 Å². The molecule has 1 unspecified atom stereocenters. The van der Waals surface area contributed by atoms with Crippen LogP contribution >= 0.6 is 0 Å². The minimum atomic E-state index is -0.791. The molecule has 0 bridgehead atoms. The molecule has 114 valence electrons. The highest BCUT2D eigenvalue weighted by Gasteiger charge is 2.03. The highest BCUT2D eigenvalue weighted by molar-refractivity contribution is 5.33. The van der Waals surface area contributed by atoms with Crippen LogP contribution in [-0.4, -0.2) is 18.2 Å². The molecule has 0 saturated carbocycles. The molecule has 0 saturated heterocycles. The summed E-state index contributed by atoms with van der Waals surface area (Å²) in [5.41, 5.74) is 1.22. The van der Waals surface area contributed by atoms with Crippen LogP contribution < -0.4 is 4.74 Å². The third kappa shape index (κ3) is 7.51. The lowest BCUT2D eigenvalue weighted by molar-refractivity contribution is -0.131. The molecule has 0 fully saturated rings. The van der Waals surface area contributed by atoms with Crippen molar-refractivity contribution in [2.75, 3.05) is 6.79 Å². The maximum absolute atomic E-state index is 9.04. The Morgan fingerprint density at radius 3 is 2.50 bits per heavy atom. The molecule has 0 aliphatic rings. The standard InChI is InChI=1S/C17H28O3/c1-3-4-5-6-7-8-11-16-12-9-10-13-17(16)20-14-19-15(2)18/h9-10,12-13,15,18H,3-8,11,14H2,1-2H3. The van der Waals surface area contributed by atoms with Crippen LogP contribution in [0.3, 0.4) is 0 Å². The van der Waals surface area contributed by atoms with Gasteiger partial charge in [-0.25, -0.2) is 0 Å². The van der Waals surface area contributed by atoms with E-state index in [1.807, 2.05) is 18.2 Å². The molecule has 0 aliphatic heterocycles. The smallest absolute Gasteiger partial charge is 0.191 e. The van der Waals surface area contributed by atoms with Gasteiger partial charge in [-0.3, -0.25) is 0 Å². The van der Waals surface area contributed by atoms with Gasteiger partial charge in [-0.2, -0.15) is 0 Å². The summed E-state index contributed by atoms with van der Waals surface area (Å²) in [7, 11) is 0. The summed E-state index contributed by atoms with van der Waals surface area (Å²) >= 11 is 0. The van der Waals surface area contributed by atoms with Crippen molar-refractivity contribution in [2.45, 2.75) is 65.1 Å². The molecule has 1 atom stereocenters. The van der Waals surface area contributed by atoms with Crippen LogP contribution in [0.1, 0.15) is 57.9 Å². The van der Waals surface area contributed by atoms with Crippen molar-refractivity contribution in [3.05, 3.63) is 29.8 Å². The number of aryl methyl sites for hydroxylation is 1. The van der Waals surface area contributed by atoms with Gasteiger partial charge in [-0.15, -0.1) is 0 Å². The van der Waals surface area contributed by atoms with E-state index in [4.69, 9.17) is 14.6 Å². The Bertz CT molecular complexity index is 350. The fourth-order valence-electron chi connectivity index (χ4n) is 2.14. The Morgan fingerprint density at radius 1 is 1.05 bits per heavy atom. The molecule has 1 N–H and O–H groups in total. The van der Waals surface area contributed by atoms with Crippen LogP contribution in [-0.2, 0) is 11.2 Å². The van der Waals surface area contributed by atoms with Crippen molar-refractivity contribution in [1.29, 1.82) is 0 Å². The van der Waals surface area contributed by atoms with Crippen molar-refractivity contribution in [3.63, 3.8) is 0 Å². The van der Waals surface area contributed by atoms with E-state index < -0.39 is 6.29 Å². The van der Waals surface area contributed by atoms with E-state index in [0.29, 0.717) is 0 Å². The molecule has 0 radical (unpaired) electrons. The van der Waals surface area contributed by atoms with Gasteiger partial charge in [0.1, 0.15) is 5.75 Å². The second kappa shape index (κ2) is 10.7. The minimum Gasteiger partial charge on any atom is -0.467 e. The molecule has 3 nitrogen and oxygen atoms in total. The highest BCUT2D eigenvalue weighted by Crippen LogP contribution is 2.21. The first-order chi connectivity index (χ1) is 9.74. The molecule has 0 spiro atoms. The average Bonchev–Trinajstić information content (AvgIpc) is 2.44. The van der Waals surface area contributed by atoms with Crippen LogP contribution in [0, 0.1) is 0 Å². The Labute approximate surface area is 122 Å². The predicted octanol–water partition coefficient (Wildman–Crippen LogP) is 4.28. The Hall–Kier alpha value is -1.06. The number of hydrogen-bond acceptors (Lipinski definition) is 3. The number of hydrogen-bond donors (Lipinski definition) is 1. The van der Waals surface area contributed by atoms with Crippen molar-refractivity contribution in [1.82, 2.24) is 0 Å². The normalized spacial score (nSPS) is 12.3. The fourth-order valence-corrected chi connectivity index (χ4v) is 2.14. The van der Waals surface area contributed by atoms with Crippen LogP contribution in [0.25, 0.3) is 0 Å². The first-order valence-corrected chi connectivity index (χ1v) is 7.74. The third-order valence-corrected chi connectivity index (χ3v) is 3.30. The lowest BCUT2D eigenvalue weighted by Gasteiger charge is -2.12. The summed E-state index contributed by atoms with van der Waals surface area (Å²) in [6.07, 6.45) is 8.02. The van der Waals surface area contributed by atoms with Gasteiger partial charge in [0.05, 0.1) is 0 Å². The Kier molecular flexibility index (Phi) is 9.09. The quantitative estimate of drug-likeness (QED) is 0.485. The van der Waals surface area contributed by atoms with Crippen molar-refractivity contribution in [2.24, 2.45) is 0 Å². The van der Waals surface area contributed by atoms with E-state index in [1.165, 1.54) is 44.1 Å². The monoisotopic (exact) mass is 280 g/mol. The molecule has 20 heavy (non-hydrogen) atoms. The number of aliphatic hydroxyl groups is 1. The van der Waals surface area contributed by atoms with E-state index in [2.05, 4.69) is 13.0 Å². The zero-order valence-electron chi connectivity index (χ0n) is 12.8. The zero-order valence-corrected chi connectivity index (χ0v) is 12.8. The van der Waals surface area contributed by atoms with Crippen LogP contribution in [0.15, 0.2) is 24.3 Å². The van der Waals surface area contributed by atoms with Crippen molar-refractivity contribution >= 4 is 0 Å². The van der Waals surface area contributed by atoms with Crippen LogP contribution in [0.5, 0.6) is 5.75 Å². The second-order valence-corrected chi connectivity index (χ2v) is 5.15. The van der Waals surface area contributed by atoms with E-state index in [-0.39, 0.29) is 6.79 Å². The van der Waals surface area contributed by atoms with Crippen LogP contribution in [0.4, 0.5) is 0 Å². The summed E-state index contributed by atoms with van der Waals surface area (Å²) < 4.78 is 10.6. The molecular formula is C17H28O3. The summed E-state index contributed by atoms with van der Waals surface area (Å²) in [6, 6.07) is 8.05. The number of para-hydroxylation sites is 1. The average molecular weight is 280 g/mol. The maximum atomic E-state index is 9.04. The number of ether oxygens (including phenoxy) is 2. The minimum absolute atomic E-state index is 0.0885. The summed E-state index contributed by atoms with van der Waals surface area (Å²) in [5, 5.41) is 9.04. The number of unbranched alkanes of at least 4 members (excludes halogenated alkanes) is 5. The van der Waals surface area contributed by atoms with Gasteiger partial charge in [0.15, 0.2) is 13.1 Å². The molecule has 1 aromatic rings. The number of benzene rings is 1. The largest absolute Gasteiger partial charge is 0.467 e. The molecule has 1 aromatic carbocycles. The first kappa shape index (κ1) is 17.0. The van der Waals surface area contributed by atoms with Crippen molar-refractivity contribution < 1.29 is 14.6 Å². The maximum Gasteiger partial charge on any atom is 0.191 e. The zero-order chi connectivity index (χ0) is 14.6. The van der Waals surface area contributed by atoms with Gasteiger partial charge in [-0.05, 0) is 31.4 Å². The van der Waals surface area contributed by atoms with E-state index in [9.17, 15) is 0 Å². The number of rotatable bonds is 11. The molecular weight excluding hydrogens is 252 g/mol. The molecule has 3 heteroatoms. The van der Waals surface area contributed by atoms with Crippen LogP contribution in [0.2, 0.25) is 0 Å². The molecule has 0 amide bonds. The predicted molar refractivity (Wildman–Crippen MR) is 81.8 cm³/mol. The second-order valence-electron chi connectivity index (χ2n) is 5.15. The van der Waals surface area contributed by atoms with Gasteiger partial charge in [0.2, 0.25) is 0 Å². The third-order valence-electron chi connectivity index (χ3n) is 3.30. The van der Waals surface area contributed by atoms with Gasteiger partial charge < -0.3 is 14.6 Å². The van der Waals surface area contributed by atoms with E-state index in [1.54, 1.807) is 6.92 Å². The van der Waals surface area contributed by atoms with E-state index in [0.717, 1.165) is 12.2 Å². The first-order valence-electron chi connectivity index (χ1n) is 7.74. The van der Waals surface area contributed by atoms with Gasteiger partial charge >= 0.3 is 0 Å². The van der Waals surface area contributed by atoms with E-state index >= 15 is 0 Å². The highest BCUT2D eigenvalue weighted by atomic mass is 16.7. The lowest BCUT2D eigenvalue weighted by Crippen LogP contribution is -2.12. The van der Waals surface area contributed by atoms with Gasteiger partial charge in [-0.1, -0.05) is 57.2 Å². The Balaban J connectivity index is 2.29. The SMILES string of the molecule is CCCCCCCCc1ccccc1OCOC(C)O.